The molecule has 0 radical (unpaired) electrons. The predicted molar refractivity (Wildman–Crippen MR) is 97.7 cm³/mol. The molecule has 0 N–H and O–H groups in total. The SMILES string of the molecule is CC(C)c1ncc(-n2c3ccccc3c3ccccc32)cc1C(F)(F)F. The average Bonchev–Trinajstić information content (AvgIpc) is 2.95. The van der Waals surface area contributed by atoms with Crippen LogP contribution >= 0.6 is 0 Å². The van der Waals surface area contributed by atoms with Gasteiger partial charge in [0.1, 0.15) is 0 Å². The fraction of sp³-hybridized carbons (Fsp3) is 0.190. The second-order valence-electron chi connectivity index (χ2n) is 6.65. The highest BCUT2D eigenvalue weighted by molar-refractivity contribution is 6.09. The minimum atomic E-state index is -4.44. The molecular weight excluding hydrogens is 337 g/mol. The molecule has 2 nitrogen and oxygen atoms in total. The third-order valence-electron chi connectivity index (χ3n) is 4.59. The molecule has 2 heterocycles. The molecule has 4 aromatic rings. The second-order valence-corrected chi connectivity index (χ2v) is 6.65. The molecule has 0 fully saturated rings. The Morgan fingerprint density at radius 3 is 1.92 bits per heavy atom. The molecule has 0 saturated heterocycles. The summed E-state index contributed by atoms with van der Waals surface area (Å²) in [7, 11) is 0. The lowest BCUT2D eigenvalue weighted by atomic mass is 10.0. The van der Waals surface area contributed by atoms with Crippen LogP contribution in [-0.2, 0) is 6.18 Å². The number of hydrogen-bond acceptors (Lipinski definition) is 1. The van der Waals surface area contributed by atoms with Crippen LogP contribution in [0.25, 0.3) is 27.5 Å². The molecule has 5 heteroatoms. The van der Waals surface area contributed by atoms with Crippen LogP contribution in [-0.4, -0.2) is 9.55 Å². The maximum absolute atomic E-state index is 13.6. The number of nitrogens with zero attached hydrogens (tertiary/aromatic N) is 2. The number of pyridine rings is 1. The number of aromatic nitrogens is 2. The Balaban J connectivity index is 2.07. The Morgan fingerprint density at radius 1 is 0.885 bits per heavy atom. The van der Waals surface area contributed by atoms with E-state index in [-0.39, 0.29) is 11.6 Å². The van der Waals surface area contributed by atoms with Crippen molar-refractivity contribution in [2.24, 2.45) is 0 Å². The largest absolute Gasteiger partial charge is 0.418 e. The number of para-hydroxylation sites is 2. The molecule has 0 unspecified atom stereocenters. The minimum absolute atomic E-state index is 0.0713. The van der Waals surface area contributed by atoms with Crippen LogP contribution in [0.15, 0.2) is 60.8 Å². The van der Waals surface area contributed by atoms with Crippen LogP contribution in [0.5, 0.6) is 0 Å². The summed E-state index contributed by atoms with van der Waals surface area (Å²) in [6.07, 6.45) is -2.91. The van der Waals surface area contributed by atoms with Crippen molar-refractivity contribution in [2.75, 3.05) is 0 Å². The first-order valence-electron chi connectivity index (χ1n) is 8.43. The lowest BCUT2D eigenvalue weighted by Gasteiger charge is -2.17. The van der Waals surface area contributed by atoms with Crippen LogP contribution < -0.4 is 0 Å². The first-order valence-corrected chi connectivity index (χ1v) is 8.43. The highest BCUT2D eigenvalue weighted by atomic mass is 19.4. The van der Waals surface area contributed by atoms with Crippen molar-refractivity contribution < 1.29 is 13.2 Å². The standard InChI is InChI=1S/C21H17F3N2/c1-13(2)20-17(21(22,23)24)11-14(12-25-20)26-18-9-5-3-7-15(18)16-8-4-6-10-19(16)26/h3-13H,1-2H3. The van der Waals surface area contributed by atoms with Gasteiger partial charge in [0.25, 0.3) is 0 Å². The van der Waals surface area contributed by atoms with Gasteiger partial charge in [0.05, 0.1) is 34.2 Å². The van der Waals surface area contributed by atoms with Gasteiger partial charge in [-0.1, -0.05) is 50.2 Å². The Bertz CT molecular complexity index is 1050. The maximum Gasteiger partial charge on any atom is 0.418 e. The van der Waals surface area contributed by atoms with E-state index in [1.807, 2.05) is 53.1 Å². The van der Waals surface area contributed by atoms with Crippen molar-refractivity contribution >= 4 is 21.8 Å². The lowest BCUT2D eigenvalue weighted by Crippen LogP contribution is -2.13. The van der Waals surface area contributed by atoms with E-state index >= 15 is 0 Å². The first kappa shape index (κ1) is 16.6. The van der Waals surface area contributed by atoms with Crippen LogP contribution in [0.2, 0.25) is 0 Å². The Hall–Kier alpha value is -2.82. The van der Waals surface area contributed by atoms with Crippen molar-refractivity contribution in [1.29, 1.82) is 0 Å². The van der Waals surface area contributed by atoms with Gasteiger partial charge in [0.15, 0.2) is 0 Å². The van der Waals surface area contributed by atoms with Crippen molar-refractivity contribution in [3.63, 3.8) is 0 Å². The molecule has 0 saturated carbocycles. The first-order chi connectivity index (χ1) is 12.4. The van der Waals surface area contributed by atoms with Crippen molar-refractivity contribution in [3.05, 3.63) is 72.1 Å². The molecule has 4 rings (SSSR count). The lowest BCUT2D eigenvalue weighted by molar-refractivity contribution is -0.138. The van der Waals surface area contributed by atoms with Gasteiger partial charge in [0, 0.05) is 10.8 Å². The molecule has 2 aromatic heterocycles. The number of benzene rings is 2. The van der Waals surface area contributed by atoms with Gasteiger partial charge in [-0.05, 0) is 24.1 Å². The molecule has 0 bridgehead atoms. The normalized spacial score (nSPS) is 12.4. The number of hydrogen-bond donors (Lipinski definition) is 0. The zero-order valence-electron chi connectivity index (χ0n) is 14.4. The van der Waals surface area contributed by atoms with Crippen LogP contribution in [0.3, 0.4) is 0 Å². The fourth-order valence-electron chi connectivity index (χ4n) is 3.47. The Morgan fingerprint density at radius 2 is 1.42 bits per heavy atom. The third-order valence-corrected chi connectivity index (χ3v) is 4.59. The van der Waals surface area contributed by atoms with Crippen molar-refractivity contribution in [2.45, 2.75) is 25.9 Å². The predicted octanol–water partition coefficient (Wildman–Crippen LogP) is 6.32. The fourth-order valence-corrected chi connectivity index (χ4v) is 3.47. The van der Waals surface area contributed by atoms with Crippen LogP contribution in [0.1, 0.15) is 31.0 Å². The number of fused-ring (bicyclic) bond motifs is 3. The number of rotatable bonds is 2. The summed E-state index contributed by atoms with van der Waals surface area (Å²) in [6.45, 7) is 3.44. The summed E-state index contributed by atoms with van der Waals surface area (Å²) in [4.78, 5) is 4.17. The van der Waals surface area contributed by atoms with Gasteiger partial charge in [-0.15, -0.1) is 0 Å². The molecule has 0 amide bonds. The quantitative estimate of drug-likeness (QED) is 0.412. The summed E-state index contributed by atoms with van der Waals surface area (Å²) >= 11 is 0. The summed E-state index contributed by atoms with van der Waals surface area (Å²) in [6, 6.07) is 16.6. The van der Waals surface area contributed by atoms with Gasteiger partial charge in [-0.25, -0.2) is 0 Å². The van der Waals surface area contributed by atoms with E-state index in [2.05, 4.69) is 4.98 Å². The maximum atomic E-state index is 13.6. The summed E-state index contributed by atoms with van der Waals surface area (Å²) in [5.74, 6) is -0.307. The van der Waals surface area contributed by atoms with Crippen molar-refractivity contribution in [1.82, 2.24) is 9.55 Å². The van der Waals surface area contributed by atoms with E-state index in [4.69, 9.17) is 0 Å². The van der Waals surface area contributed by atoms with E-state index in [0.717, 1.165) is 21.8 Å². The summed E-state index contributed by atoms with van der Waals surface area (Å²) < 4.78 is 42.7. The molecule has 0 aliphatic rings. The number of alkyl halides is 3. The smallest absolute Gasteiger partial charge is 0.308 e. The van der Waals surface area contributed by atoms with Crippen LogP contribution in [0, 0.1) is 0 Å². The second kappa shape index (κ2) is 5.87. The summed E-state index contributed by atoms with van der Waals surface area (Å²) in [5, 5.41) is 2.01. The van der Waals surface area contributed by atoms with Gasteiger partial charge >= 0.3 is 6.18 Å². The van der Waals surface area contributed by atoms with Gasteiger partial charge in [-0.2, -0.15) is 13.2 Å². The van der Waals surface area contributed by atoms with E-state index in [9.17, 15) is 13.2 Å². The minimum Gasteiger partial charge on any atom is -0.308 e. The summed E-state index contributed by atoms with van der Waals surface area (Å²) in [5.41, 5.74) is 1.54. The molecule has 0 spiro atoms. The zero-order chi connectivity index (χ0) is 18.5. The molecule has 0 aliphatic carbocycles. The zero-order valence-corrected chi connectivity index (χ0v) is 14.4. The average molecular weight is 354 g/mol. The van der Waals surface area contributed by atoms with E-state index in [1.54, 1.807) is 13.8 Å². The molecule has 132 valence electrons. The number of halogens is 3. The monoisotopic (exact) mass is 354 g/mol. The van der Waals surface area contributed by atoms with Gasteiger partial charge in [-0.3, -0.25) is 4.98 Å². The molecule has 0 aliphatic heterocycles. The van der Waals surface area contributed by atoms with Crippen molar-refractivity contribution in [3.8, 4) is 5.69 Å². The molecule has 2 aromatic carbocycles. The van der Waals surface area contributed by atoms with E-state index < -0.39 is 11.7 Å². The third kappa shape index (κ3) is 2.55. The Kier molecular flexibility index (Phi) is 3.75. The highest BCUT2D eigenvalue weighted by Crippen LogP contribution is 2.37. The van der Waals surface area contributed by atoms with E-state index in [1.165, 1.54) is 12.3 Å². The topological polar surface area (TPSA) is 17.8 Å². The highest BCUT2D eigenvalue weighted by Gasteiger charge is 2.35. The Labute approximate surface area is 148 Å². The van der Waals surface area contributed by atoms with Gasteiger partial charge in [0.2, 0.25) is 0 Å². The van der Waals surface area contributed by atoms with E-state index in [0.29, 0.717) is 5.69 Å². The molecular formula is C21H17F3N2. The molecule has 26 heavy (non-hydrogen) atoms. The van der Waals surface area contributed by atoms with Crippen LogP contribution in [0.4, 0.5) is 13.2 Å². The van der Waals surface area contributed by atoms with Gasteiger partial charge < -0.3 is 4.57 Å². The molecule has 0 atom stereocenters.